The number of carbonyl (C=O) groups is 1. The minimum Gasteiger partial charge on any atom is -0.496 e. The Hall–Kier alpha value is -4.43. The van der Waals surface area contributed by atoms with Crippen LogP contribution >= 0.6 is 11.3 Å². The molecule has 1 aliphatic heterocycles. The van der Waals surface area contributed by atoms with Crippen molar-refractivity contribution < 1.29 is 14.3 Å². The van der Waals surface area contributed by atoms with Gasteiger partial charge < -0.3 is 14.0 Å². The maximum Gasteiger partial charge on any atom is 0.338 e. The number of fused-ring (bicyclic) bond motifs is 3. The predicted molar refractivity (Wildman–Crippen MR) is 159 cm³/mol. The summed E-state index contributed by atoms with van der Waals surface area (Å²) >= 11 is 1.32. The van der Waals surface area contributed by atoms with Gasteiger partial charge in [0.05, 0.1) is 29.5 Å². The molecule has 0 N–H and O–H groups in total. The second kappa shape index (κ2) is 9.95. The monoisotopic (exact) mass is 551 g/mol. The van der Waals surface area contributed by atoms with Gasteiger partial charge in [-0.3, -0.25) is 9.36 Å². The number of aromatic nitrogens is 2. The third kappa shape index (κ3) is 3.90. The van der Waals surface area contributed by atoms with E-state index < -0.39 is 12.0 Å². The predicted octanol–water partition coefficient (Wildman–Crippen LogP) is 4.76. The largest absolute Gasteiger partial charge is 0.496 e. The normalized spacial score (nSPS) is 15.4. The van der Waals surface area contributed by atoms with Gasteiger partial charge in [-0.25, -0.2) is 9.79 Å². The summed E-state index contributed by atoms with van der Waals surface area (Å²) in [5.41, 5.74) is 4.51. The van der Waals surface area contributed by atoms with Gasteiger partial charge >= 0.3 is 5.97 Å². The summed E-state index contributed by atoms with van der Waals surface area (Å²) in [5.74, 6) is 0.0857. The summed E-state index contributed by atoms with van der Waals surface area (Å²) in [4.78, 5) is 33.0. The van der Waals surface area contributed by atoms with E-state index in [4.69, 9.17) is 14.5 Å². The van der Waals surface area contributed by atoms with Gasteiger partial charge in [0.15, 0.2) is 4.80 Å². The van der Waals surface area contributed by atoms with Crippen LogP contribution in [0.25, 0.3) is 27.8 Å². The average Bonchev–Trinajstić information content (AvgIpc) is 3.40. The van der Waals surface area contributed by atoms with E-state index >= 15 is 0 Å². The zero-order valence-corrected chi connectivity index (χ0v) is 23.8. The van der Waals surface area contributed by atoms with E-state index in [1.54, 1.807) is 25.5 Å². The number of nitrogens with zero attached hydrogens (tertiary/aromatic N) is 3. The zero-order chi connectivity index (χ0) is 28.1. The van der Waals surface area contributed by atoms with Gasteiger partial charge in [-0.05, 0) is 49.8 Å². The number of thiazole rings is 1. The number of benzene rings is 3. The fourth-order valence-electron chi connectivity index (χ4n) is 5.66. The SMILES string of the molecule is CCOC(=O)C1=C(C)N=c2sc(=Cc3c(C)n(C)c4ccccc34)c(=O)n2C1c1c(OC)ccc2ccccc12. The molecular formula is C32H29N3O4S. The highest BCUT2D eigenvalue weighted by molar-refractivity contribution is 7.07. The molecule has 0 spiro atoms. The molecule has 1 atom stereocenters. The van der Waals surface area contributed by atoms with Crippen molar-refractivity contribution in [1.29, 1.82) is 0 Å². The van der Waals surface area contributed by atoms with Crippen LogP contribution in [0.2, 0.25) is 0 Å². The summed E-state index contributed by atoms with van der Waals surface area (Å²) in [6.07, 6.45) is 1.95. The van der Waals surface area contributed by atoms with E-state index in [0.717, 1.165) is 38.5 Å². The van der Waals surface area contributed by atoms with Gasteiger partial charge in [-0.15, -0.1) is 0 Å². The summed E-state index contributed by atoms with van der Waals surface area (Å²) in [5, 5.41) is 2.94. The van der Waals surface area contributed by atoms with Crippen molar-refractivity contribution in [2.45, 2.75) is 26.8 Å². The average molecular weight is 552 g/mol. The fraction of sp³-hybridized carbons (Fsp3) is 0.219. The van der Waals surface area contributed by atoms with Crippen LogP contribution < -0.4 is 19.6 Å². The van der Waals surface area contributed by atoms with Gasteiger partial charge in [0.25, 0.3) is 5.56 Å². The Morgan fingerprint density at radius 3 is 2.52 bits per heavy atom. The smallest absolute Gasteiger partial charge is 0.338 e. The van der Waals surface area contributed by atoms with Crippen LogP contribution in [-0.2, 0) is 16.6 Å². The van der Waals surface area contributed by atoms with Crippen LogP contribution in [0.3, 0.4) is 0 Å². The Morgan fingerprint density at radius 1 is 1.05 bits per heavy atom. The number of hydrogen-bond donors (Lipinski definition) is 0. The molecule has 1 unspecified atom stereocenters. The first-order chi connectivity index (χ1) is 19.3. The van der Waals surface area contributed by atoms with Crippen LogP contribution in [0.1, 0.15) is 36.7 Å². The second-order valence-electron chi connectivity index (χ2n) is 9.78. The Labute approximate surface area is 234 Å². The first kappa shape index (κ1) is 25.8. The molecule has 202 valence electrons. The van der Waals surface area contributed by atoms with Crippen molar-refractivity contribution in [1.82, 2.24) is 9.13 Å². The van der Waals surface area contributed by atoms with E-state index in [9.17, 15) is 9.59 Å². The third-order valence-electron chi connectivity index (χ3n) is 7.66. The summed E-state index contributed by atoms with van der Waals surface area (Å²) in [6.45, 7) is 5.82. The Bertz CT molecular complexity index is 2040. The number of hydrogen-bond acceptors (Lipinski definition) is 6. The Balaban J connectivity index is 1.69. The van der Waals surface area contributed by atoms with Crippen molar-refractivity contribution in [2.75, 3.05) is 13.7 Å². The molecule has 40 heavy (non-hydrogen) atoms. The molecule has 1 aliphatic rings. The first-order valence-electron chi connectivity index (χ1n) is 13.1. The molecule has 3 aromatic carbocycles. The number of esters is 1. The highest BCUT2D eigenvalue weighted by Crippen LogP contribution is 2.40. The molecule has 0 saturated heterocycles. The first-order valence-corrected chi connectivity index (χ1v) is 14.0. The van der Waals surface area contributed by atoms with Gasteiger partial charge in [0.2, 0.25) is 0 Å². The molecule has 0 fully saturated rings. The van der Waals surface area contributed by atoms with E-state index in [2.05, 4.69) is 23.6 Å². The molecule has 7 nitrogen and oxygen atoms in total. The second-order valence-corrected chi connectivity index (χ2v) is 10.8. The lowest BCUT2D eigenvalue weighted by Crippen LogP contribution is -2.40. The number of allylic oxidation sites excluding steroid dienone is 1. The molecule has 2 aromatic heterocycles. The van der Waals surface area contributed by atoms with Crippen molar-refractivity contribution in [3.05, 3.63) is 108 Å². The maximum absolute atomic E-state index is 14.3. The van der Waals surface area contributed by atoms with Gasteiger partial charge in [0, 0.05) is 34.8 Å². The lowest BCUT2D eigenvalue weighted by molar-refractivity contribution is -0.139. The van der Waals surface area contributed by atoms with E-state index in [-0.39, 0.29) is 12.2 Å². The fourth-order valence-corrected chi connectivity index (χ4v) is 6.69. The summed E-state index contributed by atoms with van der Waals surface area (Å²) in [6, 6.07) is 19.1. The number of ether oxygens (including phenoxy) is 2. The van der Waals surface area contributed by atoms with Crippen molar-refractivity contribution in [3.8, 4) is 5.75 Å². The Morgan fingerprint density at radius 2 is 1.77 bits per heavy atom. The van der Waals surface area contributed by atoms with Gasteiger partial charge in [0.1, 0.15) is 11.8 Å². The van der Waals surface area contributed by atoms with Gasteiger partial charge in [-0.1, -0.05) is 59.9 Å². The number of carbonyl (C=O) groups excluding carboxylic acids is 1. The van der Waals surface area contributed by atoms with E-state index in [1.807, 2.05) is 61.7 Å². The number of rotatable bonds is 5. The molecular weight excluding hydrogens is 522 g/mol. The van der Waals surface area contributed by atoms with Crippen molar-refractivity contribution in [3.63, 3.8) is 0 Å². The quantitative estimate of drug-likeness (QED) is 0.295. The number of para-hydroxylation sites is 1. The molecule has 5 aromatic rings. The van der Waals surface area contributed by atoms with Crippen LogP contribution in [0, 0.1) is 6.92 Å². The van der Waals surface area contributed by atoms with E-state index in [0.29, 0.717) is 26.4 Å². The lowest BCUT2D eigenvalue weighted by Gasteiger charge is -2.27. The molecule has 0 amide bonds. The maximum atomic E-state index is 14.3. The topological polar surface area (TPSA) is 74.8 Å². The molecule has 0 radical (unpaired) electrons. The lowest BCUT2D eigenvalue weighted by atomic mass is 9.90. The molecule has 3 heterocycles. The van der Waals surface area contributed by atoms with Crippen LogP contribution in [0.4, 0.5) is 0 Å². The molecule has 0 saturated carbocycles. The van der Waals surface area contributed by atoms with Crippen LogP contribution in [-0.4, -0.2) is 28.8 Å². The minimum absolute atomic E-state index is 0.208. The minimum atomic E-state index is -0.771. The van der Waals surface area contributed by atoms with Gasteiger partial charge in [-0.2, -0.15) is 0 Å². The molecule has 0 bridgehead atoms. The summed E-state index contributed by atoms with van der Waals surface area (Å²) < 4.78 is 15.6. The number of aryl methyl sites for hydroxylation is 1. The molecule has 8 heteroatoms. The van der Waals surface area contributed by atoms with Crippen LogP contribution in [0.5, 0.6) is 5.75 Å². The standard InChI is InChI=1S/C32H29N3O4S/c1-6-39-31(37)27-18(2)33-32-35(29(27)28-21-12-8-7-11-20(21)15-16-25(28)38-5)30(36)26(40-32)17-23-19(3)34(4)24-14-10-9-13-22(23)24/h7-17,29H,6H2,1-5H3. The zero-order valence-electron chi connectivity index (χ0n) is 23.0. The van der Waals surface area contributed by atoms with Crippen LogP contribution in [0.15, 0.2) is 81.7 Å². The van der Waals surface area contributed by atoms with Crippen molar-refractivity contribution >= 4 is 45.1 Å². The molecule has 6 rings (SSSR count). The van der Waals surface area contributed by atoms with Crippen molar-refractivity contribution in [2.24, 2.45) is 12.0 Å². The molecule has 0 aliphatic carbocycles. The highest BCUT2D eigenvalue weighted by atomic mass is 32.1. The Kier molecular flexibility index (Phi) is 6.43. The summed E-state index contributed by atoms with van der Waals surface area (Å²) in [7, 11) is 3.62. The highest BCUT2D eigenvalue weighted by Gasteiger charge is 2.36. The number of methoxy groups -OCH3 is 1. The third-order valence-corrected chi connectivity index (χ3v) is 8.65. The van der Waals surface area contributed by atoms with E-state index in [1.165, 1.54) is 11.3 Å².